The predicted octanol–water partition coefficient (Wildman–Crippen LogP) is 4.29. The van der Waals surface area contributed by atoms with Crippen molar-refractivity contribution in [2.75, 3.05) is 38.6 Å². The number of esters is 1. The highest BCUT2D eigenvalue weighted by Gasteiger charge is 2.17. The summed E-state index contributed by atoms with van der Waals surface area (Å²) in [5.74, 6) is 0.453. The van der Waals surface area contributed by atoms with E-state index in [9.17, 15) is 9.59 Å². The summed E-state index contributed by atoms with van der Waals surface area (Å²) in [7, 11) is 2.06. The van der Waals surface area contributed by atoms with Crippen molar-refractivity contribution in [1.29, 1.82) is 0 Å². The summed E-state index contributed by atoms with van der Waals surface area (Å²) in [5, 5.41) is 5.75. The third-order valence-electron chi connectivity index (χ3n) is 5.34. The fourth-order valence-corrected chi connectivity index (χ4v) is 3.23. The lowest BCUT2D eigenvalue weighted by Crippen LogP contribution is -2.34. The molecule has 37 heavy (non-hydrogen) atoms. The van der Waals surface area contributed by atoms with Crippen LogP contribution in [-0.2, 0) is 9.53 Å². The fourth-order valence-electron chi connectivity index (χ4n) is 3.23. The van der Waals surface area contributed by atoms with Crippen LogP contribution in [0.5, 0.6) is 5.75 Å². The molecule has 0 atom stereocenters. The maximum absolute atomic E-state index is 12.3. The number of amides is 1. The van der Waals surface area contributed by atoms with Gasteiger partial charge in [-0.3, -0.25) is 9.59 Å². The minimum atomic E-state index is -0.596. The van der Waals surface area contributed by atoms with Crippen LogP contribution in [0.1, 0.15) is 38.1 Å². The van der Waals surface area contributed by atoms with Gasteiger partial charge in [-0.25, -0.2) is 9.97 Å². The lowest BCUT2D eigenvalue weighted by Gasteiger charge is -2.19. The average molecular weight is 506 g/mol. The molecule has 2 aromatic carbocycles. The van der Waals surface area contributed by atoms with Gasteiger partial charge in [0, 0.05) is 35.8 Å². The number of hydrogen-bond donors (Lipinski definition) is 2. The minimum Gasteiger partial charge on any atom is -0.492 e. The van der Waals surface area contributed by atoms with Gasteiger partial charge in [-0.1, -0.05) is 19.1 Å². The number of anilines is 2. The molecule has 0 spiro atoms. The number of carbonyl (C=O) groups is 2. The molecule has 3 aromatic rings. The topological polar surface area (TPSA) is 106 Å². The lowest BCUT2D eigenvalue weighted by molar-refractivity contribution is -0.153. The standard InChI is InChI=1S/C28H35N5O4/c1-6-33(5)15-16-36-24-13-11-23(12-14-24)32-27-30-17-22(18-31-27)20-7-9-21(10-8-20)26(35)29-19-25(34)37-28(2,3)4/h7-14,17-18H,6,15-16,19H2,1-5H3,(H,29,35)(H,30,31,32). The normalized spacial score (nSPS) is 11.2. The zero-order valence-electron chi connectivity index (χ0n) is 22.1. The molecule has 196 valence electrons. The van der Waals surface area contributed by atoms with Gasteiger partial charge in [0.2, 0.25) is 5.95 Å². The molecule has 0 unspecified atom stereocenters. The molecular formula is C28H35N5O4. The molecule has 0 saturated carbocycles. The van der Waals surface area contributed by atoms with Crippen LogP contribution < -0.4 is 15.4 Å². The van der Waals surface area contributed by atoms with Crippen LogP contribution in [0.25, 0.3) is 11.1 Å². The van der Waals surface area contributed by atoms with Gasteiger partial charge in [-0.05, 0) is 76.3 Å². The molecule has 3 rings (SSSR count). The van der Waals surface area contributed by atoms with Crippen molar-refractivity contribution < 1.29 is 19.1 Å². The molecule has 0 fully saturated rings. The van der Waals surface area contributed by atoms with Gasteiger partial charge in [0.15, 0.2) is 0 Å². The molecule has 0 aliphatic rings. The fraction of sp³-hybridized carbons (Fsp3) is 0.357. The van der Waals surface area contributed by atoms with E-state index in [1.165, 1.54) is 0 Å². The Labute approximate surface area is 218 Å². The smallest absolute Gasteiger partial charge is 0.325 e. The third kappa shape index (κ3) is 9.20. The van der Waals surface area contributed by atoms with Gasteiger partial charge in [0.25, 0.3) is 5.91 Å². The van der Waals surface area contributed by atoms with E-state index in [0.717, 1.165) is 35.7 Å². The molecule has 0 aliphatic heterocycles. The number of hydrogen-bond acceptors (Lipinski definition) is 8. The first kappa shape index (κ1) is 27.6. The molecule has 0 radical (unpaired) electrons. The van der Waals surface area contributed by atoms with E-state index in [1.54, 1.807) is 45.3 Å². The molecule has 0 saturated heterocycles. The number of nitrogens with zero attached hydrogens (tertiary/aromatic N) is 3. The quantitative estimate of drug-likeness (QED) is 0.372. The summed E-state index contributed by atoms with van der Waals surface area (Å²) in [6.45, 7) is 9.76. The van der Waals surface area contributed by atoms with Gasteiger partial charge in [0.05, 0.1) is 0 Å². The number of carbonyl (C=O) groups excluding carboxylic acids is 2. The Morgan fingerprint density at radius 3 is 2.19 bits per heavy atom. The van der Waals surface area contributed by atoms with Crippen molar-refractivity contribution in [3.05, 3.63) is 66.5 Å². The second-order valence-electron chi connectivity index (χ2n) is 9.54. The summed E-state index contributed by atoms with van der Waals surface area (Å²) in [6, 6.07) is 14.7. The zero-order valence-corrected chi connectivity index (χ0v) is 22.1. The molecule has 9 nitrogen and oxygen atoms in total. The largest absolute Gasteiger partial charge is 0.492 e. The van der Waals surface area contributed by atoms with Crippen LogP contribution >= 0.6 is 0 Å². The van der Waals surface area contributed by atoms with Crippen molar-refractivity contribution in [3.63, 3.8) is 0 Å². The Bertz CT molecular complexity index is 1160. The van der Waals surface area contributed by atoms with Crippen LogP contribution in [0.4, 0.5) is 11.6 Å². The van der Waals surface area contributed by atoms with Crippen molar-refractivity contribution >= 4 is 23.5 Å². The van der Waals surface area contributed by atoms with Crippen LogP contribution in [0, 0.1) is 0 Å². The number of nitrogens with one attached hydrogen (secondary N) is 2. The third-order valence-corrected chi connectivity index (χ3v) is 5.34. The van der Waals surface area contributed by atoms with E-state index in [4.69, 9.17) is 9.47 Å². The summed E-state index contributed by atoms with van der Waals surface area (Å²) in [5.41, 5.74) is 2.38. The molecule has 2 N–H and O–H groups in total. The first-order chi connectivity index (χ1) is 17.6. The molecular weight excluding hydrogens is 470 g/mol. The van der Waals surface area contributed by atoms with Crippen LogP contribution in [0.15, 0.2) is 60.9 Å². The van der Waals surface area contributed by atoms with Gasteiger partial charge in [0.1, 0.15) is 24.5 Å². The summed E-state index contributed by atoms with van der Waals surface area (Å²) in [4.78, 5) is 35.1. The Kier molecular flexibility index (Phi) is 9.57. The number of ether oxygens (including phenoxy) is 2. The van der Waals surface area contributed by atoms with E-state index in [-0.39, 0.29) is 12.5 Å². The lowest BCUT2D eigenvalue weighted by atomic mass is 10.1. The molecule has 1 amide bonds. The highest BCUT2D eigenvalue weighted by Crippen LogP contribution is 2.21. The Morgan fingerprint density at radius 1 is 0.946 bits per heavy atom. The summed E-state index contributed by atoms with van der Waals surface area (Å²) >= 11 is 0. The SMILES string of the molecule is CCN(C)CCOc1ccc(Nc2ncc(-c3ccc(C(=O)NCC(=O)OC(C)(C)C)cc3)cn2)cc1. The van der Waals surface area contributed by atoms with E-state index in [2.05, 4.69) is 39.5 Å². The van der Waals surface area contributed by atoms with E-state index in [0.29, 0.717) is 18.1 Å². The monoisotopic (exact) mass is 505 g/mol. The van der Waals surface area contributed by atoms with E-state index in [1.807, 2.05) is 36.4 Å². The van der Waals surface area contributed by atoms with Crippen molar-refractivity contribution in [1.82, 2.24) is 20.2 Å². The number of aromatic nitrogens is 2. The van der Waals surface area contributed by atoms with Crippen LogP contribution in [0.3, 0.4) is 0 Å². The first-order valence-electron chi connectivity index (χ1n) is 12.2. The van der Waals surface area contributed by atoms with E-state index >= 15 is 0 Å². The summed E-state index contributed by atoms with van der Waals surface area (Å²) < 4.78 is 11.0. The second kappa shape index (κ2) is 12.8. The van der Waals surface area contributed by atoms with Crippen LogP contribution in [0.2, 0.25) is 0 Å². The van der Waals surface area contributed by atoms with Gasteiger partial charge >= 0.3 is 5.97 Å². The number of likely N-dealkylation sites (N-methyl/N-ethyl adjacent to an activating group) is 1. The predicted molar refractivity (Wildman–Crippen MR) is 144 cm³/mol. The highest BCUT2D eigenvalue weighted by atomic mass is 16.6. The van der Waals surface area contributed by atoms with Crippen LogP contribution in [-0.4, -0.2) is 65.6 Å². The Balaban J connectivity index is 1.51. The molecule has 0 aliphatic carbocycles. The van der Waals surface area contributed by atoms with E-state index < -0.39 is 11.6 Å². The van der Waals surface area contributed by atoms with Crippen molar-refractivity contribution in [2.24, 2.45) is 0 Å². The minimum absolute atomic E-state index is 0.188. The maximum atomic E-state index is 12.3. The Hall–Kier alpha value is -3.98. The van der Waals surface area contributed by atoms with Gasteiger partial charge in [-0.2, -0.15) is 0 Å². The second-order valence-corrected chi connectivity index (χ2v) is 9.54. The summed E-state index contributed by atoms with van der Waals surface area (Å²) in [6.07, 6.45) is 3.43. The maximum Gasteiger partial charge on any atom is 0.325 e. The number of rotatable bonds is 11. The number of benzene rings is 2. The van der Waals surface area contributed by atoms with Crippen molar-refractivity contribution in [2.45, 2.75) is 33.3 Å². The Morgan fingerprint density at radius 2 is 1.59 bits per heavy atom. The van der Waals surface area contributed by atoms with Crippen molar-refractivity contribution in [3.8, 4) is 16.9 Å². The molecule has 1 aromatic heterocycles. The molecule has 1 heterocycles. The first-order valence-corrected chi connectivity index (χ1v) is 12.2. The van der Waals surface area contributed by atoms with Gasteiger partial charge in [-0.15, -0.1) is 0 Å². The molecule has 9 heteroatoms. The molecule has 0 bridgehead atoms. The average Bonchev–Trinajstić information content (AvgIpc) is 2.88. The van der Waals surface area contributed by atoms with Gasteiger partial charge < -0.3 is 25.0 Å². The zero-order chi connectivity index (χ0) is 26.8. The highest BCUT2D eigenvalue weighted by molar-refractivity contribution is 5.96.